The molecular formula is C70H121NO8. The maximum atomic E-state index is 13.1. The second-order valence-electron chi connectivity index (χ2n) is 22.2. The van der Waals surface area contributed by atoms with Crippen LogP contribution in [0.3, 0.4) is 0 Å². The number of aliphatic hydroxyl groups is 5. The predicted octanol–water partition coefficient (Wildman–Crippen LogP) is 17.3. The molecule has 0 aliphatic carbocycles. The van der Waals surface area contributed by atoms with Gasteiger partial charge in [0.25, 0.3) is 0 Å². The van der Waals surface area contributed by atoms with Gasteiger partial charge in [0.2, 0.25) is 5.91 Å². The van der Waals surface area contributed by atoms with E-state index in [0.29, 0.717) is 12.8 Å². The minimum Gasteiger partial charge on any atom is -0.394 e. The van der Waals surface area contributed by atoms with E-state index in [2.05, 4.69) is 129 Å². The van der Waals surface area contributed by atoms with Crippen LogP contribution in [0.5, 0.6) is 0 Å². The molecule has 0 aromatic rings. The summed E-state index contributed by atoms with van der Waals surface area (Å²) in [6.45, 7) is 3.73. The normalized spacial score (nSPS) is 19.3. The molecule has 0 aromatic carbocycles. The van der Waals surface area contributed by atoms with Gasteiger partial charge in [-0.25, -0.2) is 0 Å². The summed E-state index contributed by atoms with van der Waals surface area (Å²) in [5, 5.41) is 54.8. The number of allylic oxidation sites excluding steroid dienone is 18. The van der Waals surface area contributed by atoms with Crippen LogP contribution in [0.15, 0.2) is 109 Å². The molecule has 0 saturated carbocycles. The predicted molar refractivity (Wildman–Crippen MR) is 336 cm³/mol. The Morgan fingerprint density at radius 3 is 1.16 bits per heavy atom. The molecule has 1 heterocycles. The lowest BCUT2D eigenvalue weighted by Gasteiger charge is -2.40. The molecule has 1 fully saturated rings. The van der Waals surface area contributed by atoms with Gasteiger partial charge < -0.3 is 40.3 Å². The summed E-state index contributed by atoms with van der Waals surface area (Å²) in [6, 6.07) is -0.734. The van der Waals surface area contributed by atoms with E-state index in [0.717, 1.165) is 109 Å². The third-order valence-electron chi connectivity index (χ3n) is 14.9. The number of carbonyl (C=O) groups excluding carboxylic acids is 1. The topological polar surface area (TPSA) is 149 Å². The van der Waals surface area contributed by atoms with Crippen LogP contribution in [0.25, 0.3) is 0 Å². The van der Waals surface area contributed by atoms with Gasteiger partial charge in [0, 0.05) is 6.42 Å². The Hall–Kier alpha value is -3.15. The summed E-state index contributed by atoms with van der Waals surface area (Å²) >= 11 is 0. The molecule has 0 spiro atoms. The van der Waals surface area contributed by atoms with E-state index in [1.54, 1.807) is 0 Å². The van der Waals surface area contributed by atoms with Gasteiger partial charge in [-0.1, -0.05) is 290 Å². The van der Waals surface area contributed by atoms with E-state index >= 15 is 0 Å². The number of amides is 1. The molecule has 0 bridgehead atoms. The SMILES string of the molecule is CC/C=C\C/C=C\C/C=C\C/C=C\C/C=C\C/C=C\C/C=C\C/C=C\C/C=C\CCCCCCCCCC(=O)NC(COC1OC(CO)C(O)C(O)C1O)C(O)CCCCCCCCCCCCCCCCCCCCCCC. The number of carbonyl (C=O) groups is 1. The fraction of sp³-hybridized carbons (Fsp3) is 0.729. The zero-order valence-electron chi connectivity index (χ0n) is 50.6. The first-order chi connectivity index (χ1) is 38.8. The van der Waals surface area contributed by atoms with Crippen LogP contribution >= 0.6 is 0 Å². The molecule has 1 rings (SSSR count). The average molecular weight is 1100 g/mol. The van der Waals surface area contributed by atoms with Crippen molar-refractivity contribution in [3.8, 4) is 0 Å². The van der Waals surface area contributed by atoms with Crippen molar-refractivity contribution in [3.63, 3.8) is 0 Å². The summed E-state index contributed by atoms with van der Waals surface area (Å²) < 4.78 is 11.3. The standard InChI is InChI=1S/C70H121NO8/c1-3-5-7-9-11-13-15-17-19-21-23-25-26-27-28-29-30-31-32-33-34-35-36-37-38-40-42-44-46-48-50-52-54-56-58-60-66(74)71-63(62-78-70-69(77)68(76)67(75)65(61-72)79-70)64(73)59-57-55-53-51-49-47-45-43-41-39-24-22-20-18-16-14-12-10-8-6-4-2/h5,7,11,13,17,19,23,25,27-28,30-31,33-34,36-37,40,42,63-65,67-70,72-73,75-77H,3-4,6,8-10,12,14-16,18,20-22,24,26,29,32,35,38-39,41,43-62H2,1-2H3,(H,71,74)/b7-5-,13-11-,19-17-,25-23-,28-27-,31-30-,34-33-,37-36-,42-40-. The maximum Gasteiger partial charge on any atom is 0.220 e. The molecule has 79 heavy (non-hydrogen) atoms. The number of hydrogen-bond donors (Lipinski definition) is 6. The fourth-order valence-corrected chi connectivity index (χ4v) is 9.80. The van der Waals surface area contributed by atoms with E-state index in [1.807, 2.05) is 0 Å². The highest BCUT2D eigenvalue weighted by Crippen LogP contribution is 2.23. The Morgan fingerprint density at radius 2 is 0.785 bits per heavy atom. The van der Waals surface area contributed by atoms with Crippen LogP contribution < -0.4 is 5.32 Å². The van der Waals surface area contributed by atoms with Gasteiger partial charge in [0.05, 0.1) is 25.4 Å². The molecule has 1 aliphatic rings. The number of ether oxygens (including phenoxy) is 2. The molecule has 6 N–H and O–H groups in total. The largest absolute Gasteiger partial charge is 0.394 e. The van der Waals surface area contributed by atoms with Crippen LogP contribution in [-0.2, 0) is 14.3 Å². The van der Waals surface area contributed by atoms with Crippen molar-refractivity contribution in [1.82, 2.24) is 5.32 Å². The molecule has 1 saturated heterocycles. The molecule has 454 valence electrons. The number of aliphatic hydroxyl groups excluding tert-OH is 5. The molecular weight excluding hydrogens is 983 g/mol. The molecule has 7 unspecified atom stereocenters. The Kier molecular flexibility index (Phi) is 54.3. The lowest BCUT2D eigenvalue weighted by Crippen LogP contribution is -2.60. The summed E-state index contributed by atoms with van der Waals surface area (Å²) in [4.78, 5) is 13.1. The van der Waals surface area contributed by atoms with Gasteiger partial charge in [-0.2, -0.15) is 0 Å². The van der Waals surface area contributed by atoms with Crippen LogP contribution in [0.4, 0.5) is 0 Å². The molecule has 1 aliphatic heterocycles. The Morgan fingerprint density at radius 1 is 0.443 bits per heavy atom. The summed E-state index contributed by atoms with van der Waals surface area (Å²) in [5.41, 5.74) is 0. The third kappa shape index (κ3) is 47.1. The number of unbranched alkanes of at least 4 members (excludes halogenated alkanes) is 27. The molecule has 7 atom stereocenters. The summed E-state index contributed by atoms with van der Waals surface area (Å²) in [6.07, 6.45) is 78.4. The maximum absolute atomic E-state index is 13.1. The Labute approximate surface area is 485 Å². The molecule has 0 aromatic heterocycles. The Balaban J connectivity index is 2.18. The molecule has 9 nitrogen and oxygen atoms in total. The highest BCUT2D eigenvalue weighted by atomic mass is 16.7. The van der Waals surface area contributed by atoms with Gasteiger partial charge >= 0.3 is 0 Å². The second-order valence-corrected chi connectivity index (χ2v) is 22.2. The minimum absolute atomic E-state index is 0.148. The van der Waals surface area contributed by atoms with E-state index < -0.39 is 49.5 Å². The van der Waals surface area contributed by atoms with Crippen molar-refractivity contribution < 1.29 is 39.8 Å². The molecule has 1 amide bonds. The lowest BCUT2D eigenvalue weighted by molar-refractivity contribution is -0.302. The minimum atomic E-state index is -1.56. The van der Waals surface area contributed by atoms with Gasteiger partial charge in [0.1, 0.15) is 24.4 Å². The van der Waals surface area contributed by atoms with Crippen molar-refractivity contribution in [2.24, 2.45) is 0 Å². The highest BCUT2D eigenvalue weighted by molar-refractivity contribution is 5.76. The van der Waals surface area contributed by atoms with Crippen LogP contribution in [0.2, 0.25) is 0 Å². The van der Waals surface area contributed by atoms with E-state index in [4.69, 9.17) is 9.47 Å². The number of rotatable bonds is 55. The van der Waals surface area contributed by atoms with Gasteiger partial charge in [-0.15, -0.1) is 0 Å². The van der Waals surface area contributed by atoms with Gasteiger partial charge in [-0.3, -0.25) is 4.79 Å². The smallest absolute Gasteiger partial charge is 0.220 e. The first kappa shape index (κ1) is 73.9. The zero-order chi connectivity index (χ0) is 57.2. The van der Waals surface area contributed by atoms with Crippen molar-refractivity contribution in [2.75, 3.05) is 13.2 Å². The fourth-order valence-electron chi connectivity index (χ4n) is 9.80. The first-order valence-electron chi connectivity index (χ1n) is 32.6. The Bertz CT molecular complexity index is 1610. The molecule has 9 heteroatoms. The van der Waals surface area contributed by atoms with Crippen LogP contribution in [0.1, 0.15) is 271 Å². The quantitative estimate of drug-likeness (QED) is 0.0261. The monoisotopic (exact) mass is 1100 g/mol. The van der Waals surface area contributed by atoms with Crippen LogP contribution in [0, 0.1) is 0 Å². The van der Waals surface area contributed by atoms with Crippen molar-refractivity contribution in [3.05, 3.63) is 109 Å². The third-order valence-corrected chi connectivity index (χ3v) is 14.9. The second kappa shape index (κ2) is 58.1. The van der Waals surface area contributed by atoms with E-state index in [9.17, 15) is 30.3 Å². The van der Waals surface area contributed by atoms with E-state index in [1.165, 1.54) is 135 Å². The first-order valence-corrected chi connectivity index (χ1v) is 32.6. The lowest BCUT2D eigenvalue weighted by atomic mass is 9.99. The summed E-state index contributed by atoms with van der Waals surface area (Å²) in [5.74, 6) is -0.157. The van der Waals surface area contributed by atoms with Crippen LogP contribution in [-0.4, -0.2) is 87.5 Å². The molecule has 0 radical (unpaired) electrons. The van der Waals surface area contributed by atoms with Crippen molar-refractivity contribution in [1.29, 1.82) is 0 Å². The number of nitrogens with one attached hydrogen (secondary N) is 1. The van der Waals surface area contributed by atoms with Crippen molar-refractivity contribution in [2.45, 2.75) is 314 Å². The van der Waals surface area contributed by atoms with Gasteiger partial charge in [0.15, 0.2) is 6.29 Å². The highest BCUT2D eigenvalue weighted by Gasteiger charge is 2.44. The summed E-state index contributed by atoms with van der Waals surface area (Å²) in [7, 11) is 0. The van der Waals surface area contributed by atoms with Gasteiger partial charge in [-0.05, 0) is 83.5 Å². The average Bonchev–Trinajstić information content (AvgIpc) is 3.47. The zero-order valence-corrected chi connectivity index (χ0v) is 50.6. The number of hydrogen-bond acceptors (Lipinski definition) is 8. The van der Waals surface area contributed by atoms with E-state index in [-0.39, 0.29) is 12.5 Å². The van der Waals surface area contributed by atoms with Crippen molar-refractivity contribution >= 4 is 5.91 Å².